The summed E-state index contributed by atoms with van der Waals surface area (Å²) < 4.78 is 0. The predicted molar refractivity (Wildman–Crippen MR) is 565 cm³/mol. The largest absolute Gasteiger partial charge is 0.0622 e. The summed E-state index contributed by atoms with van der Waals surface area (Å²) in [4.78, 5) is 0. The SMILES string of the molecule is CC(C)(C)c1ccc2c(-c3ccc(-c4ccccc4)c4ccccc34)c3cc(C(C)(C)C)ccc3c(-c3cccc4ccccc34)c2c1.CC(C)(C)c1ccc2c(-c3cccc4ccccc34)c3ccccc3c(-c3ccc(-c4ccccc4)cc3)c2c1.c1ccc(-c2cccc(-c3ccc(-c4c5ccccc5c(-c5cccc6ccccc56)c5ccccc45)cc3)c2)cc1. The van der Waals surface area contributed by atoms with Crippen molar-refractivity contribution in [1.82, 2.24) is 0 Å². The van der Waals surface area contributed by atoms with E-state index in [1.807, 2.05) is 0 Å². The van der Waals surface area contributed by atoms with Crippen molar-refractivity contribution in [2.45, 2.75) is 78.6 Å². The Bertz CT molecular complexity index is 8200. The standard InChI is InChI=1S/C48H42.C42H28.C40H32/c1-47(2,3)33-24-26-42-43(29-33)45(39-22-14-18-32-17-10-11-19-35(32)39)41-25-23-34(48(4,5)6)30-44(41)46(42)40-28-27-36(31-15-8-7-9-16-31)37-20-12-13-21-38(37)40;1-2-12-29(13-3-1)33-16-10-17-34(28-33)30-24-26-32(27-25-30)41-37-19-6-8-21-39(37)42(40-22-9-7-20-38(40)41)36-23-11-15-31-14-4-5-18-35(31)36;1-40(2,3)31-24-25-36-37(26-31)38(30-22-20-28(21-23-30)27-12-5-4-6-13-27)34-17-9-10-18-35(34)39(36)33-19-11-15-29-14-7-8-16-32(29)33/h7-30H,1-6H3;1-28H;4-26H,1-3H3. The Morgan fingerprint density at radius 2 is 0.331 bits per heavy atom. The first kappa shape index (κ1) is 81.7. The molecule has 23 aromatic carbocycles. The molecule has 0 heteroatoms. The molecule has 0 aliphatic carbocycles. The smallest absolute Gasteiger partial charge is 0.00200 e. The molecule has 0 spiro atoms. The van der Waals surface area contributed by atoms with Crippen LogP contribution in [0.5, 0.6) is 0 Å². The molecular weight excluding hydrogens is 1560 g/mol. The van der Waals surface area contributed by atoms with E-state index in [-0.39, 0.29) is 16.2 Å². The van der Waals surface area contributed by atoms with Crippen LogP contribution in [0.1, 0.15) is 79.0 Å². The van der Waals surface area contributed by atoms with Crippen LogP contribution in [-0.2, 0) is 16.2 Å². The van der Waals surface area contributed by atoms with Crippen LogP contribution in [0, 0.1) is 0 Å². The van der Waals surface area contributed by atoms with Crippen LogP contribution in [0.15, 0.2) is 455 Å². The van der Waals surface area contributed by atoms with Gasteiger partial charge in [0.05, 0.1) is 0 Å². The molecule has 0 bridgehead atoms. The highest BCUT2D eigenvalue weighted by Gasteiger charge is 2.28. The number of hydrogen-bond acceptors (Lipinski definition) is 0. The second kappa shape index (κ2) is 33.8. The molecule has 0 N–H and O–H groups in total. The topological polar surface area (TPSA) is 0 Å². The minimum Gasteiger partial charge on any atom is -0.0622 e. The molecule has 0 atom stereocenters. The maximum atomic E-state index is 2.48. The van der Waals surface area contributed by atoms with Crippen molar-refractivity contribution in [2.75, 3.05) is 0 Å². The van der Waals surface area contributed by atoms with Crippen molar-refractivity contribution in [3.8, 4) is 111 Å². The quantitative estimate of drug-likeness (QED) is 0.120. The lowest BCUT2D eigenvalue weighted by Crippen LogP contribution is -2.11. The molecule has 0 nitrogen and oxygen atoms in total. The highest BCUT2D eigenvalue weighted by molar-refractivity contribution is 6.28. The van der Waals surface area contributed by atoms with Gasteiger partial charge in [0.2, 0.25) is 0 Å². The normalized spacial score (nSPS) is 11.9. The van der Waals surface area contributed by atoms with Gasteiger partial charge in [-0.05, 0) is 276 Å². The molecule has 23 aromatic rings. The van der Waals surface area contributed by atoms with Crippen LogP contribution >= 0.6 is 0 Å². The van der Waals surface area contributed by atoms with Gasteiger partial charge in [-0.1, -0.05) is 493 Å². The van der Waals surface area contributed by atoms with Crippen LogP contribution in [0.25, 0.3) is 219 Å². The minimum absolute atomic E-state index is 0.00928. The molecule has 0 aromatic heterocycles. The summed E-state index contributed by atoms with van der Waals surface area (Å²) in [5, 5.41) is 25.7. The molecule has 0 radical (unpaired) electrons. The van der Waals surface area contributed by atoms with Crippen molar-refractivity contribution >= 4 is 108 Å². The Labute approximate surface area is 763 Å². The van der Waals surface area contributed by atoms with Gasteiger partial charge in [-0.2, -0.15) is 0 Å². The van der Waals surface area contributed by atoms with E-state index in [0.29, 0.717) is 0 Å². The Balaban J connectivity index is 0.000000119. The molecule has 0 unspecified atom stereocenters. The van der Waals surface area contributed by atoms with Crippen LogP contribution in [-0.4, -0.2) is 0 Å². The summed E-state index contributed by atoms with van der Waals surface area (Å²) in [6.07, 6.45) is 0. The van der Waals surface area contributed by atoms with Gasteiger partial charge < -0.3 is 0 Å². The van der Waals surface area contributed by atoms with E-state index in [4.69, 9.17) is 0 Å². The van der Waals surface area contributed by atoms with Crippen molar-refractivity contribution in [2.24, 2.45) is 0 Å². The van der Waals surface area contributed by atoms with Gasteiger partial charge in [-0.15, -0.1) is 0 Å². The van der Waals surface area contributed by atoms with Gasteiger partial charge in [0.15, 0.2) is 0 Å². The van der Waals surface area contributed by atoms with E-state index in [0.717, 1.165) is 0 Å². The first-order valence-corrected chi connectivity index (χ1v) is 45.8. The molecule has 130 heavy (non-hydrogen) atoms. The molecule has 23 rings (SSSR count). The number of rotatable bonds is 10. The molecule has 622 valence electrons. The molecule has 0 saturated carbocycles. The van der Waals surface area contributed by atoms with Crippen molar-refractivity contribution in [1.29, 1.82) is 0 Å². The van der Waals surface area contributed by atoms with Crippen molar-refractivity contribution in [3.63, 3.8) is 0 Å². The van der Waals surface area contributed by atoms with Crippen LogP contribution in [0.2, 0.25) is 0 Å². The first-order valence-electron chi connectivity index (χ1n) is 45.8. The van der Waals surface area contributed by atoms with Crippen molar-refractivity contribution < 1.29 is 0 Å². The molecule has 0 saturated heterocycles. The van der Waals surface area contributed by atoms with Crippen LogP contribution < -0.4 is 0 Å². The average molecular weight is 1660 g/mol. The maximum Gasteiger partial charge on any atom is -0.00200 e. The third-order valence-electron chi connectivity index (χ3n) is 26.9. The third kappa shape index (κ3) is 15.2. The van der Waals surface area contributed by atoms with Gasteiger partial charge in [-0.3, -0.25) is 0 Å². The highest BCUT2D eigenvalue weighted by Crippen LogP contribution is 2.53. The summed E-state index contributed by atoms with van der Waals surface area (Å²) in [7, 11) is 0. The maximum absolute atomic E-state index is 2.48. The fourth-order valence-electron chi connectivity index (χ4n) is 20.2. The Hall–Kier alpha value is -15.3. The summed E-state index contributed by atoms with van der Waals surface area (Å²) in [5.41, 5.74) is 29.5. The zero-order valence-corrected chi connectivity index (χ0v) is 75.3. The summed E-state index contributed by atoms with van der Waals surface area (Å²) in [6.45, 7) is 20.8. The Morgan fingerprint density at radius 1 is 0.115 bits per heavy atom. The minimum atomic E-state index is 0.00928. The zero-order chi connectivity index (χ0) is 88.4. The fraction of sp³-hybridized carbons (Fsp3) is 0.0923. The number of fused-ring (bicyclic) bond motifs is 10. The molecular formula is C130H102. The van der Waals surface area contributed by atoms with E-state index >= 15 is 0 Å². The average Bonchev–Trinajstić information content (AvgIpc) is 0.715. The van der Waals surface area contributed by atoms with Crippen LogP contribution in [0.3, 0.4) is 0 Å². The van der Waals surface area contributed by atoms with Gasteiger partial charge in [0.1, 0.15) is 0 Å². The lowest BCUT2D eigenvalue weighted by molar-refractivity contribution is 0.590. The molecule has 0 amide bonds. The van der Waals surface area contributed by atoms with Gasteiger partial charge in [-0.25, -0.2) is 0 Å². The predicted octanol–water partition coefficient (Wildman–Crippen LogP) is 37.2. The number of hydrogen-bond donors (Lipinski definition) is 0. The second-order valence-corrected chi connectivity index (χ2v) is 38.0. The van der Waals surface area contributed by atoms with E-state index in [1.54, 1.807) is 0 Å². The van der Waals surface area contributed by atoms with E-state index in [1.165, 1.54) is 236 Å². The molecule has 0 fully saturated rings. The van der Waals surface area contributed by atoms with Gasteiger partial charge in [0, 0.05) is 0 Å². The lowest BCUT2D eigenvalue weighted by Gasteiger charge is -2.25. The highest BCUT2D eigenvalue weighted by atomic mass is 14.3. The summed E-state index contributed by atoms with van der Waals surface area (Å²) >= 11 is 0. The number of benzene rings is 23. The first-order chi connectivity index (χ1) is 63.4. The van der Waals surface area contributed by atoms with E-state index in [9.17, 15) is 0 Å². The Kier molecular flexibility index (Phi) is 21.2. The fourth-order valence-corrected chi connectivity index (χ4v) is 20.2. The van der Waals surface area contributed by atoms with Gasteiger partial charge >= 0.3 is 0 Å². The third-order valence-corrected chi connectivity index (χ3v) is 26.9. The zero-order valence-electron chi connectivity index (χ0n) is 75.3. The monoisotopic (exact) mass is 1660 g/mol. The Morgan fingerprint density at radius 3 is 0.692 bits per heavy atom. The lowest BCUT2D eigenvalue weighted by atomic mass is 9.78. The molecule has 0 aliphatic heterocycles. The van der Waals surface area contributed by atoms with E-state index < -0.39 is 0 Å². The summed E-state index contributed by atoms with van der Waals surface area (Å²) in [5.74, 6) is 0. The van der Waals surface area contributed by atoms with Gasteiger partial charge in [0.25, 0.3) is 0 Å². The summed E-state index contributed by atoms with van der Waals surface area (Å²) in [6, 6.07) is 167. The molecule has 0 heterocycles. The van der Waals surface area contributed by atoms with Crippen molar-refractivity contribution in [3.05, 3.63) is 472 Å². The van der Waals surface area contributed by atoms with E-state index in [2.05, 4.69) is 517 Å². The second-order valence-electron chi connectivity index (χ2n) is 38.0. The van der Waals surface area contributed by atoms with Crippen LogP contribution in [0.4, 0.5) is 0 Å². The molecule has 0 aliphatic rings.